The lowest BCUT2D eigenvalue weighted by molar-refractivity contribution is 1.17. The van der Waals surface area contributed by atoms with E-state index >= 15 is 0 Å². The van der Waals surface area contributed by atoms with Gasteiger partial charge in [0, 0.05) is 12.1 Å². The minimum absolute atomic E-state index is 0.899. The highest BCUT2D eigenvalue weighted by atomic mass is 14.6. The fourth-order valence-electron chi connectivity index (χ4n) is 2.14. The SMILES string of the molecule is NC1=Cc2ccc3ccccc3c2C1. The molecule has 2 aromatic rings. The zero-order valence-corrected chi connectivity index (χ0v) is 7.83. The molecule has 0 unspecified atom stereocenters. The zero-order chi connectivity index (χ0) is 9.54. The van der Waals surface area contributed by atoms with Gasteiger partial charge in [-0.25, -0.2) is 0 Å². The molecule has 14 heavy (non-hydrogen) atoms. The third-order valence-electron chi connectivity index (χ3n) is 2.80. The zero-order valence-electron chi connectivity index (χ0n) is 7.83. The van der Waals surface area contributed by atoms with E-state index in [1.54, 1.807) is 0 Å². The van der Waals surface area contributed by atoms with Gasteiger partial charge in [-0.05, 0) is 28.0 Å². The molecule has 2 aromatic carbocycles. The van der Waals surface area contributed by atoms with Crippen LogP contribution in [-0.4, -0.2) is 0 Å². The fraction of sp³-hybridized carbons (Fsp3) is 0.0769. The molecule has 68 valence electrons. The highest BCUT2D eigenvalue weighted by molar-refractivity contribution is 5.90. The van der Waals surface area contributed by atoms with Gasteiger partial charge in [0.1, 0.15) is 0 Å². The molecule has 1 aliphatic rings. The number of rotatable bonds is 0. The summed E-state index contributed by atoms with van der Waals surface area (Å²) >= 11 is 0. The summed E-state index contributed by atoms with van der Waals surface area (Å²) in [7, 11) is 0. The normalized spacial score (nSPS) is 14.1. The molecule has 1 nitrogen and oxygen atoms in total. The molecule has 0 saturated carbocycles. The van der Waals surface area contributed by atoms with Crippen LogP contribution in [0.25, 0.3) is 16.8 Å². The van der Waals surface area contributed by atoms with Crippen LogP contribution < -0.4 is 5.73 Å². The highest BCUT2D eigenvalue weighted by Crippen LogP contribution is 2.29. The Morgan fingerprint density at radius 3 is 2.79 bits per heavy atom. The maximum Gasteiger partial charge on any atom is 0.0133 e. The largest absolute Gasteiger partial charge is 0.402 e. The molecule has 0 bridgehead atoms. The maximum atomic E-state index is 5.84. The number of fused-ring (bicyclic) bond motifs is 3. The van der Waals surface area contributed by atoms with Gasteiger partial charge in [-0.2, -0.15) is 0 Å². The summed E-state index contributed by atoms with van der Waals surface area (Å²) < 4.78 is 0. The van der Waals surface area contributed by atoms with Gasteiger partial charge in [0.05, 0.1) is 0 Å². The van der Waals surface area contributed by atoms with E-state index in [4.69, 9.17) is 5.73 Å². The summed E-state index contributed by atoms with van der Waals surface area (Å²) in [6.07, 6.45) is 2.97. The van der Waals surface area contributed by atoms with Crippen LogP contribution >= 0.6 is 0 Å². The Morgan fingerprint density at radius 2 is 1.86 bits per heavy atom. The van der Waals surface area contributed by atoms with Gasteiger partial charge in [0.15, 0.2) is 0 Å². The molecular weight excluding hydrogens is 170 g/mol. The Bertz CT molecular complexity index is 538. The third kappa shape index (κ3) is 0.956. The van der Waals surface area contributed by atoms with Crippen molar-refractivity contribution in [2.75, 3.05) is 0 Å². The molecule has 0 aliphatic heterocycles. The van der Waals surface area contributed by atoms with Crippen LogP contribution in [0.5, 0.6) is 0 Å². The van der Waals surface area contributed by atoms with Crippen molar-refractivity contribution in [1.29, 1.82) is 0 Å². The number of hydrogen-bond donors (Lipinski definition) is 1. The molecular formula is C13H11N. The number of nitrogens with two attached hydrogens (primary N) is 1. The van der Waals surface area contributed by atoms with Gasteiger partial charge in [-0.15, -0.1) is 0 Å². The maximum absolute atomic E-state index is 5.84. The first kappa shape index (κ1) is 7.63. The van der Waals surface area contributed by atoms with E-state index in [2.05, 4.69) is 42.5 Å². The molecule has 0 amide bonds. The Labute approximate surface area is 82.9 Å². The van der Waals surface area contributed by atoms with Gasteiger partial charge in [0.25, 0.3) is 0 Å². The number of hydrogen-bond acceptors (Lipinski definition) is 1. The van der Waals surface area contributed by atoms with E-state index in [0.29, 0.717) is 0 Å². The van der Waals surface area contributed by atoms with Crippen LogP contribution in [0.2, 0.25) is 0 Å². The Kier molecular flexibility index (Phi) is 1.42. The molecule has 3 rings (SSSR count). The van der Waals surface area contributed by atoms with Crippen LogP contribution in [0.4, 0.5) is 0 Å². The predicted octanol–water partition coefficient (Wildman–Crippen LogP) is 2.70. The van der Waals surface area contributed by atoms with E-state index in [9.17, 15) is 0 Å². The molecule has 1 aliphatic carbocycles. The molecule has 1 heteroatoms. The van der Waals surface area contributed by atoms with Crippen molar-refractivity contribution in [2.45, 2.75) is 6.42 Å². The second-order valence-corrected chi connectivity index (χ2v) is 3.75. The van der Waals surface area contributed by atoms with Gasteiger partial charge >= 0.3 is 0 Å². The van der Waals surface area contributed by atoms with Crippen LogP contribution in [0.1, 0.15) is 11.1 Å². The first-order valence-corrected chi connectivity index (χ1v) is 4.81. The predicted molar refractivity (Wildman–Crippen MR) is 59.8 cm³/mol. The van der Waals surface area contributed by atoms with Crippen LogP contribution in [-0.2, 0) is 6.42 Å². The minimum Gasteiger partial charge on any atom is -0.402 e. The first-order valence-electron chi connectivity index (χ1n) is 4.81. The van der Waals surface area contributed by atoms with Crippen LogP contribution in [0.15, 0.2) is 42.1 Å². The van der Waals surface area contributed by atoms with E-state index in [-0.39, 0.29) is 0 Å². The molecule has 2 N–H and O–H groups in total. The highest BCUT2D eigenvalue weighted by Gasteiger charge is 2.12. The third-order valence-corrected chi connectivity index (χ3v) is 2.80. The minimum atomic E-state index is 0.899. The topological polar surface area (TPSA) is 26.0 Å². The summed E-state index contributed by atoms with van der Waals surface area (Å²) in [6, 6.07) is 12.8. The lowest BCUT2D eigenvalue weighted by Gasteiger charge is -2.04. The number of benzene rings is 2. The number of allylic oxidation sites excluding steroid dienone is 1. The van der Waals surface area contributed by atoms with Crippen molar-refractivity contribution in [3.05, 3.63) is 53.2 Å². The lowest BCUT2D eigenvalue weighted by Crippen LogP contribution is -1.95. The van der Waals surface area contributed by atoms with Gasteiger partial charge in [-0.1, -0.05) is 36.4 Å². The molecule has 0 heterocycles. The molecule has 0 radical (unpaired) electrons. The molecule has 0 atom stereocenters. The van der Waals surface area contributed by atoms with E-state index in [1.807, 2.05) is 0 Å². The van der Waals surface area contributed by atoms with Crippen molar-refractivity contribution in [1.82, 2.24) is 0 Å². The lowest BCUT2D eigenvalue weighted by atomic mass is 10.0. The Balaban J connectivity index is 2.38. The average Bonchev–Trinajstić information content (AvgIpc) is 2.59. The second kappa shape index (κ2) is 2.61. The van der Waals surface area contributed by atoms with Gasteiger partial charge in [0.2, 0.25) is 0 Å². The van der Waals surface area contributed by atoms with Gasteiger partial charge in [-0.3, -0.25) is 0 Å². The molecule has 0 spiro atoms. The smallest absolute Gasteiger partial charge is 0.0133 e. The van der Waals surface area contributed by atoms with Crippen molar-refractivity contribution in [3.8, 4) is 0 Å². The summed E-state index contributed by atoms with van der Waals surface area (Å²) in [5.41, 5.74) is 9.46. The quantitative estimate of drug-likeness (QED) is 0.664. The summed E-state index contributed by atoms with van der Waals surface area (Å²) in [6.45, 7) is 0. The molecule has 0 aromatic heterocycles. The Hall–Kier alpha value is -1.76. The van der Waals surface area contributed by atoms with Crippen molar-refractivity contribution < 1.29 is 0 Å². The van der Waals surface area contributed by atoms with Crippen LogP contribution in [0.3, 0.4) is 0 Å². The van der Waals surface area contributed by atoms with Crippen molar-refractivity contribution in [2.24, 2.45) is 5.73 Å². The van der Waals surface area contributed by atoms with E-state index in [0.717, 1.165) is 12.1 Å². The average molecular weight is 181 g/mol. The van der Waals surface area contributed by atoms with Crippen molar-refractivity contribution in [3.63, 3.8) is 0 Å². The van der Waals surface area contributed by atoms with E-state index < -0.39 is 0 Å². The Morgan fingerprint density at radius 1 is 1.00 bits per heavy atom. The summed E-state index contributed by atoms with van der Waals surface area (Å²) in [5.74, 6) is 0. The van der Waals surface area contributed by atoms with Gasteiger partial charge < -0.3 is 5.73 Å². The molecule has 0 saturated heterocycles. The molecule has 0 fully saturated rings. The monoisotopic (exact) mass is 181 g/mol. The fourth-order valence-corrected chi connectivity index (χ4v) is 2.14. The summed E-state index contributed by atoms with van der Waals surface area (Å²) in [4.78, 5) is 0. The first-order chi connectivity index (χ1) is 6.84. The standard InChI is InChI=1S/C13H11N/c14-11-7-10-6-5-9-3-1-2-4-12(9)13(10)8-11/h1-7H,8,14H2. The second-order valence-electron chi connectivity index (χ2n) is 3.75. The van der Waals surface area contributed by atoms with Crippen molar-refractivity contribution >= 4 is 16.8 Å². The van der Waals surface area contributed by atoms with Crippen LogP contribution in [0, 0.1) is 0 Å². The summed E-state index contributed by atoms with van der Waals surface area (Å²) in [5, 5.41) is 2.64. The van der Waals surface area contributed by atoms with E-state index in [1.165, 1.54) is 21.9 Å².